The molecule has 0 saturated carbocycles. The van der Waals surface area contributed by atoms with E-state index in [2.05, 4.69) is 37.8 Å². The predicted octanol–water partition coefficient (Wildman–Crippen LogP) is 5.53. The lowest BCUT2D eigenvalue weighted by atomic mass is 9.71. The van der Waals surface area contributed by atoms with Crippen LogP contribution < -0.4 is 9.47 Å². The van der Waals surface area contributed by atoms with E-state index in [1.807, 2.05) is 13.8 Å². The van der Waals surface area contributed by atoms with Crippen LogP contribution in [0.15, 0.2) is 28.7 Å². The number of hydrogen-bond acceptors (Lipinski definition) is 4. The van der Waals surface area contributed by atoms with Gasteiger partial charge in [-0.3, -0.25) is 4.79 Å². The van der Waals surface area contributed by atoms with Gasteiger partial charge in [-0.1, -0.05) is 26.7 Å². The van der Waals surface area contributed by atoms with Crippen molar-refractivity contribution in [3.63, 3.8) is 0 Å². The van der Waals surface area contributed by atoms with Crippen molar-refractivity contribution >= 4 is 5.97 Å². The van der Waals surface area contributed by atoms with Crippen LogP contribution in [0.2, 0.25) is 0 Å². The van der Waals surface area contributed by atoms with Gasteiger partial charge in [-0.2, -0.15) is 0 Å². The van der Waals surface area contributed by atoms with Gasteiger partial charge in [0.2, 0.25) is 0 Å². The maximum Gasteiger partial charge on any atom is 0.313 e. The van der Waals surface area contributed by atoms with Crippen molar-refractivity contribution in [3.05, 3.63) is 46.7 Å². The summed E-state index contributed by atoms with van der Waals surface area (Å²) in [7, 11) is 0. The summed E-state index contributed by atoms with van der Waals surface area (Å²) < 4.78 is 16.6. The van der Waals surface area contributed by atoms with Crippen molar-refractivity contribution in [2.75, 3.05) is 6.61 Å². The summed E-state index contributed by atoms with van der Waals surface area (Å²) in [5, 5.41) is 0. The van der Waals surface area contributed by atoms with Crippen LogP contribution in [0.3, 0.4) is 0 Å². The molecule has 4 nitrogen and oxygen atoms in total. The molecule has 0 fully saturated rings. The molecule has 0 radical (unpaired) electrons. The topological polar surface area (TPSA) is 48.7 Å². The fourth-order valence-corrected chi connectivity index (χ4v) is 3.76. The number of esters is 1. The Hall–Kier alpha value is -2.67. The summed E-state index contributed by atoms with van der Waals surface area (Å²) >= 11 is 0. The standard InChI is InChI=1S/C24H28O4/c1-5-8-22(25)28-23-12-11-19(27-23)10-9-18-16-20-21(15-17(18)4)26-14-13-24(20,6-2)7-3/h11-12,15-16H,5-8,13-14H2,1-4H3. The smallest absolute Gasteiger partial charge is 0.313 e. The monoisotopic (exact) mass is 380 g/mol. The van der Waals surface area contributed by atoms with Gasteiger partial charge in [-0.05, 0) is 62.3 Å². The zero-order valence-electron chi connectivity index (χ0n) is 17.2. The van der Waals surface area contributed by atoms with Gasteiger partial charge >= 0.3 is 5.97 Å². The molecular weight excluding hydrogens is 352 g/mol. The largest absolute Gasteiger partial charge is 0.493 e. The van der Waals surface area contributed by atoms with Gasteiger partial charge in [0, 0.05) is 29.0 Å². The average Bonchev–Trinajstić information content (AvgIpc) is 3.13. The van der Waals surface area contributed by atoms with E-state index in [4.69, 9.17) is 13.9 Å². The van der Waals surface area contributed by atoms with Gasteiger partial charge in [0.15, 0.2) is 5.76 Å². The fourth-order valence-electron chi connectivity index (χ4n) is 3.76. The Labute approximate surface area is 167 Å². The molecule has 0 N–H and O–H groups in total. The first-order valence-electron chi connectivity index (χ1n) is 10.1. The molecule has 0 amide bonds. The van der Waals surface area contributed by atoms with Crippen LogP contribution in [0, 0.1) is 18.8 Å². The molecule has 4 heteroatoms. The maximum atomic E-state index is 11.6. The zero-order chi connectivity index (χ0) is 20.1. The summed E-state index contributed by atoms with van der Waals surface area (Å²) in [6.07, 6.45) is 4.31. The highest BCUT2D eigenvalue weighted by atomic mass is 16.6. The highest BCUT2D eigenvalue weighted by Crippen LogP contribution is 2.44. The van der Waals surface area contributed by atoms with E-state index in [1.165, 1.54) is 5.56 Å². The quantitative estimate of drug-likeness (QED) is 0.505. The highest BCUT2D eigenvalue weighted by Gasteiger charge is 2.35. The van der Waals surface area contributed by atoms with Gasteiger partial charge in [-0.25, -0.2) is 0 Å². The molecule has 0 bridgehead atoms. The predicted molar refractivity (Wildman–Crippen MR) is 109 cm³/mol. The first-order chi connectivity index (χ1) is 13.5. The van der Waals surface area contributed by atoms with Crippen LogP contribution in [-0.4, -0.2) is 12.6 Å². The van der Waals surface area contributed by atoms with Crippen LogP contribution >= 0.6 is 0 Å². The van der Waals surface area contributed by atoms with Gasteiger partial charge in [0.05, 0.1) is 6.61 Å². The number of fused-ring (bicyclic) bond motifs is 1. The van der Waals surface area contributed by atoms with Crippen molar-refractivity contribution in [2.45, 2.75) is 65.2 Å². The summed E-state index contributed by atoms with van der Waals surface area (Å²) in [4.78, 5) is 11.6. The molecular formula is C24H28O4. The van der Waals surface area contributed by atoms with Gasteiger partial charge in [0.25, 0.3) is 5.95 Å². The van der Waals surface area contributed by atoms with E-state index in [0.717, 1.165) is 49.2 Å². The molecule has 3 rings (SSSR count). The zero-order valence-corrected chi connectivity index (χ0v) is 17.2. The van der Waals surface area contributed by atoms with E-state index in [1.54, 1.807) is 12.1 Å². The average molecular weight is 380 g/mol. The van der Waals surface area contributed by atoms with Crippen LogP contribution in [0.1, 0.15) is 75.3 Å². The van der Waals surface area contributed by atoms with Crippen molar-refractivity contribution < 1.29 is 18.7 Å². The molecule has 28 heavy (non-hydrogen) atoms. The van der Waals surface area contributed by atoms with Crippen molar-refractivity contribution in [2.24, 2.45) is 0 Å². The molecule has 1 aromatic heterocycles. The SMILES string of the molecule is CCCC(=O)Oc1ccc(C#Cc2cc3c(cc2C)OCCC3(CC)CC)o1. The third-order valence-corrected chi connectivity index (χ3v) is 5.66. The van der Waals surface area contributed by atoms with E-state index < -0.39 is 0 Å². The van der Waals surface area contributed by atoms with Gasteiger partial charge < -0.3 is 13.9 Å². The number of aryl methyl sites for hydroxylation is 1. The van der Waals surface area contributed by atoms with E-state index in [0.29, 0.717) is 12.2 Å². The molecule has 2 heterocycles. The van der Waals surface area contributed by atoms with Crippen molar-refractivity contribution in [1.82, 2.24) is 0 Å². The van der Waals surface area contributed by atoms with Crippen LogP contribution in [-0.2, 0) is 10.2 Å². The molecule has 2 aromatic rings. The van der Waals surface area contributed by atoms with Crippen LogP contribution in [0.5, 0.6) is 11.7 Å². The molecule has 1 aliphatic rings. The molecule has 0 spiro atoms. The maximum absolute atomic E-state index is 11.6. The number of carbonyl (C=O) groups excluding carboxylic acids is 1. The van der Waals surface area contributed by atoms with Crippen LogP contribution in [0.4, 0.5) is 0 Å². The Balaban J connectivity index is 1.87. The van der Waals surface area contributed by atoms with E-state index >= 15 is 0 Å². The normalized spacial score (nSPS) is 14.4. The Morgan fingerprint density at radius 2 is 1.96 bits per heavy atom. The Morgan fingerprint density at radius 1 is 1.18 bits per heavy atom. The molecule has 1 aliphatic heterocycles. The Bertz CT molecular complexity index is 906. The summed E-state index contributed by atoms with van der Waals surface area (Å²) in [6, 6.07) is 7.62. The third kappa shape index (κ3) is 4.09. The third-order valence-electron chi connectivity index (χ3n) is 5.66. The minimum Gasteiger partial charge on any atom is -0.493 e. The molecule has 0 unspecified atom stereocenters. The number of hydrogen-bond donors (Lipinski definition) is 0. The lowest BCUT2D eigenvalue weighted by Crippen LogP contribution is -2.32. The number of furan rings is 1. The number of benzene rings is 1. The molecule has 0 saturated heterocycles. The van der Waals surface area contributed by atoms with E-state index in [9.17, 15) is 4.79 Å². The second kappa shape index (κ2) is 8.56. The first kappa shape index (κ1) is 20.1. The molecule has 0 aliphatic carbocycles. The van der Waals surface area contributed by atoms with Gasteiger partial charge in [0.1, 0.15) is 5.75 Å². The van der Waals surface area contributed by atoms with E-state index in [-0.39, 0.29) is 17.3 Å². The fraction of sp³-hybridized carbons (Fsp3) is 0.458. The molecule has 148 valence electrons. The van der Waals surface area contributed by atoms with Crippen LogP contribution in [0.25, 0.3) is 0 Å². The Kier molecular flexibility index (Phi) is 6.14. The number of rotatable bonds is 5. The van der Waals surface area contributed by atoms with Gasteiger partial charge in [-0.15, -0.1) is 0 Å². The second-order valence-corrected chi connectivity index (χ2v) is 7.34. The summed E-state index contributed by atoms with van der Waals surface area (Å²) in [5.41, 5.74) is 3.46. The van der Waals surface area contributed by atoms with Crippen molar-refractivity contribution in [3.8, 4) is 23.5 Å². The number of carbonyl (C=O) groups is 1. The summed E-state index contributed by atoms with van der Waals surface area (Å²) in [5.74, 6) is 7.63. The minimum absolute atomic E-state index is 0.156. The highest BCUT2D eigenvalue weighted by molar-refractivity contribution is 5.71. The minimum atomic E-state index is -0.294. The Morgan fingerprint density at radius 3 is 2.68 bits per heavy atom. The first-order valence-corrected chi connectivity index (χ1v) is 10.1. The van der Waals surface area contributed by atoms with Crippen molar-refractivity contribution in [1.29, 1.82) is 0 Å². The number of ether oxygens (including phenoxy) is 2. The lowest BCUT2D eigenvalue weighted by Gasteiger charge is -2.38. The lowest BCUT2D eigenvalue weighted by molar-refractivity contribution is -0.135. The molecule has 1 aromatic carbocycles. The molecule has 0 atom stereocenters. The summed E-state index contributed by atoms with van der Waals surface area (Å²) in [6.45, 7) is 9.23. The second-order valence-electron chi connectivity index (χ2n) is 7.34.